The molecular weight excluding hydrogens is 819 g/mol. The first-order valence-electron chi connectivity index (χ1n) is 23.1. The Morgan fingerprint density at radius 3 is 2.09 bits per heavy atom. The Morgan fingerprint density at radius 1 is 0.891 bits per heavy atom. The number of hydrogen-bond donors (Lipinski definition) is 5. The average Bonchev–Trinajstić information content (AvgIpc) is 3.54. The molecule has 1 amide bonds. The molecule has 1 fully saturated rings. The van der Waals surface area contributed by atoms with E-state index in [1.807, 2.05) is 5.01 Å². The van der Waals surface area contributed by atoms with Gasteiger partial charge < -0.3 is 44.7 Å². The van der Waals surface area contributed by atoms with Crippen molar-refractivity contribution < 1.29 is 53.8 Å². The molecule has 4 aliphatic heterocycles. The van der Waals surface area contributed by atoms with Crippen molar-refractivity contribution in [3.8, 4) is 17.2 Å². The van der Waals surface area contributed by atoms with Gasteiger partial charge in [-0.05, 0) is 38.8 Å². The summed E-state index contributed by atoms with van der Waals surface area (Å²) in [6, 6.07) is 1.62. The standard InChI is InChI=1S/C50H71N3O11/c1-29-21-20-22-30(2)49(60)52-41-36(28-51-53-24-18-16-14-12-10-11-13-15-17-19-25-53)27-37-39(45(41)58)44(57)34(6)47-40(37)48(59)50(8,64-47)62-26-23-38(61-9)31(3)46(63-35(7)54)33(5)43(56)32(4)42(29)55/h20-23,26-29,31-33,38,42-43,46,55-58H,10-19,24-25H2,1-9H3,(H,52,60)/b21-20+,26-23+,30-22-,51-28+. The molecule has 0 saturated carbocycles. The monoisotopic (exact) mass is 890 g/mol. The van der Waals surface area contributed by atoms with Gasteiger partial charge in [0.25, 0.3) is 11.7 Å². The van der Waals surface area contributed by atoms with E-state index in [0.717, 1.165) is 38.8 Å². The van der Waals surface area contributed by atoms with E-state index in [2.05, 4.69) is 5.32 Å². The molecule has 14 heteroatoms. The van der Waals surface area contributed by atoms with E-state index in [-0.39, 0.29) is 44.7 Å². The third-order valence-corrected chi connectivity index (χ3v) is 13.3. The molecule has 9 atom stereocenters. The van der Waals surface area contributed by atoms with Crippen LogP contribution < -0.4 is 10.1 Å². The number of methoxy groups -OCH3 is 1. The van der Waals surface area contributed by atoms with Gasteiger partial charge in [0.05, 0.1) is 47.4 Å². The van der Waals surface area contributed by atoms with Crippen LogP contribution in [0.4, 0.5) is 5.69 Å². The fourth-order valence-corrected chi connectivity index (χ4v) is 9.15. The van der Waals surface area contributed by atoms with E-state index in [0.29, 0.717) is 5.56 Å². The molecule has 2 aromatic rings. The summed E-state index contributed by atoms with van der Waals surface area (Å²) in [5.74, 6) is -6.72. The smallest absolute Gasteiger partial charge is 0.312 e. The van der Waals surface area contributed by atoms with Crippen molar-refractivity contribution >= 4 is 40.3 Å². The molecule has 6 rings (SSSR count). The predicted molar refractivity (Wildman–Crippen MR) is 247 cm³/mol. The minimum Gasteiger partial charge on any atom is -0.507 e. The summed E-state index contributed by atoms with van der Waals surface area (Å²) in [4.78, 5) is 40.9. The number of aliphatic hydroxyl groups is 2. The molecular formula is C50H71N3O11. The number of nitrogens with one attached hydrogen (secondary N) is 1. The van der Waals surface area contributed by atoms with Crippen molar-refractivity contribution in [3.05, 3.63) is 58.9 Å². The number of rotatable bonds is 4. The molecule has 0 radical (unpaired) electrons. The SMILES string of the molecule is COC1/C=C/OC2(C)Oc3c(C)c(O)c4c(O)c(c(/C=N/N5CCCCCCCCCCCC5)cc4c3C2=O)NC(=O)/C(C)=C\C=C\C(C)C(O)C(C)C(O)C(C)C(OC(C)=O)C1C. The first-order chi connectivity index (χ1) is 30.4. The number of Topliss-reactive ketones (excluding diaryl/α,β-unsaturated/α-hetero) is 1. The minimum atomic E-state index is -1.93. The lowest BCUT2D eigenvalue weighted by Gasteiger charge is -2.38. The largest absolute Gasteiger partial charge is 0.507 e. The maximum Gasteiger partial charge on any atom is 0.312 e. The lowest BCUT2D eigenvalue weighted by molar-refractivity contribution is -0.160. The number of allylic oxidation sites excluding steroid dienone is 2. The van der Waals surface area contributed by atoms with E-state index in [1.54, 1.807) is 78.1 Å². The van der Waals surface area contributed by atoms with Crippen LogP contribution in [0.5, 0.6) is 17.2 Å². The Hall–Kier alpha value is -4.92. The quantitative estimate of drug-likeness (QED) is 0.112. The molecule has 4 aliphatic rings. The highest BCUT2D eigenvalue weighted by molar-refractivity contribution is 6.21. The van der Waals surface area contributed by atoms with Crippen LogP contribution in [0.3, 0.4) is 0 Å². The van der Waals surface area contributed by atoms with Gasteiger partial charge in [-0.15, -0.1) is 0 Å². The molecule has 5 N–H and O–H groups in total. The number of ether oxygens (including phenoxy) is 4. The Kier molecular flexibility index (Phi) is 17.5. The minimum absolute atomic E-state index is 0.00579. The molecule has 64 heavy (non-hydrogen) atoms. The average molecular weight is 890 g/mol. The second-order valence-corrected chi connectivity index (χ2v) is 18.2. The summed E-state index contributed by atoms with van der Waals surface area (Å²) in [6.07, 6.45) is 17.0. The lowest BCUT2D eigenvalue weighted by Crippen LogP contribution is -2.46. The fraction of sp³-hybridized carbons (Fsp3) is 0.600. The van der Waals surface area contributed by atoms with Gasteiger partial charge in [-0.3, -0.25) is 19.4 Å². The van der Waals surface area contributed by atoms with Crippen LogP contribution in [0.2, 0.25) is 0 Å². The maximum absolute atomic E-state index is 14.6. The molecule has 352 valence electrons. The van der Waals surface area contributed by atoms with Crippen LogP contribution in [0.1, 0.15) is 134 Å². The number of fused-ring (bicyclic) bond motifs is 14. The van der Waals surface area contributed by atoms with Gasteiger partial charge in [-0.25, -0.2) is 0 Å². The van der Waals surface area contributed by atoms with Crippen LogP contribution in [-0.4, -0.2) is 99.7 Å². The van der Waals surface area contributed by atoms with Gasteiger partial charge in [0.2, 0.25) is 0 Å². The zero-order valence-electron chi connectivity index (χ0n) is 39.2. The number of ketones is 1. The fourth-order valence-electron chi connectivity index (χ4n) is 9.15. The molecule has 1 saturated heterocycles. The zero-order valence-corrected chi connectivity index (χ0v) is 39.2. The van der Waals surface area contributed by atoms with Crippen LogP contribution in [-0.2, 0) is 23.8 Å². The van der Waals surface area contributed by atoms with Gasteiger partial charge in [-0.2, -0.15) is 5.10 Å². The number of amides is 1. The molecule has 2 aromatic carbocycles. The number of phenols is 2. The third-order valence-electron chi connectivity index (χ3n) is 13.3. The van der Waals surface area contributed by atoms with Gasteiger partial charge in [0.1, 0.15) is 17.6 Å². The van der Waals surface area contributed by atoms with Crippen LogP contribution >= 0.6 is 0 Å². The zero-order chi connectivity index (χ0) is 46.9. The molecule has 9 unspecified atom stereocenters. The number of nitrogens with zero attached hydrogens (tertiary/aromatic N) is 2. The first kappa shape index (κ1) is 50.1. The summed E-state index contributed by atoms with van der Waals surface area (Å²) in [5.41, 5.74) is 0.800. The first-order valence-corrected chi connectivity index (χ1v) is 23.1. The van der Waals surface area contributed by atoms with Crippen molar-refractivity contribution in [1.82, 2.24) is 5.01 Å². The normalized spacial score (nSPS) is 31.5. The van der Waals surface area contributed by atoms with Crippen molar-refractivity contribution in [3.63, 3.8) is 0 Å². The number of anilines is 1. The number of aliphatic hydroxyl groups excluding tert-OH is 2. The van der Waals surface area contributed by atoms with Gasteiger partial charge in [0, 0.05) is 79.8 Å². The molecule has 5 bridgehead atoms. The van der Waals surface area contributed by atoms with E-state index in [9.17, 15) is 34.8 Å². The number of hydrazone groups is 1. The van der Waals surface area contributed by atoms with E-state index >= 15 is 0 Å². The maximum atomic E-state index is 14.6. The highest BCUT2D eigenvalue weighted by Gasteiger charge is 2.49. The van der Waals surface area contributed by atoms with Crippen molar-refractivity contribution in [2.45, 2.75) is 150 Å². The van der Waals surface area contributed by atoms with Crippen LogP contribution in [0, 0.1) is 30.6 Å². The summed E-state index contributed by atoms with van der Waals surface area (Å²) in [6.45, 7) is 14.4. The molecule has 0 spiro atoms. The summed E-state index contributed by atoms with van der Waals surface area (Å²) < 4.78 is 23.9. The highest BCUT2D eigenvalue weighted by Crippen LogP contribution is 2.51. The van der Waals surface area contributed by atoms with Crippen LogP contribution in [0.25, 0.3) is 10.8 Å². The number of phenolic OH excluding ortho intramolecular Hbond substituents is 2. The third kappa shape index (κ3) is 11.5. The van der Waals surface area contributed by atoms with E-state index in [1.165, 1.54) is 65.7 Å². The lowest BCUT2D eigenvalue weighted by atomic mass is 9.78. The van der Waals surface area contributed by atoms with Gasteiger partial charge in [-0.1, -0.05) is 97.3 Å². The molecule has 0 aliphatic carbocycles. The number of esters is 1. The van der Waals surface area contributed by atoms with E-state index in [4.69, 9.17) is 24.0 Å². The Bertz CT molecular complexity index is 2100. The second kappa shape index (κ2) is 22.3. The molecule has 4 heterocycles. The predicted octanol–water partition coefficient (Wildman–Crippen LogP) is 8.60. The topological polar surface area (TPSA) is 197 Å². The van der Waals surface area contributed by atoms with Gasteiger partial charge in [0.15, 0.2) is 5.75 Å². The Labute approximate surface area is 378 Å². The summed E-state index contributed by atoms with van der Waals surface area (Å²) >= 11 is 0. The van der Waals surface area contributed by atoms with Crippen molar-refractivity contribution in [2.75, 3.05) is 25.5 Å². The molecule has 14 nitrogen and oxygen atoms in total. The van der Waals surface area contributed by atoms with Gasteiger partial charge >= 0.3 is 11.8 Å². The summed E-state index contributed by atoms with van der Waals surface area (Å²) in [5, 5.41) is 56.7. The highest BCUT2D eigenvalue weighted by atomic mass is 16.7. The number of benzene rings is 2. The van der Waals surface area contributed by atoms with Crippen molar-refractivity contribution in [1.29, 1.82) is 0 Å². The number of carbonyl (C=O) groups is 3. The summed E-state index contributed by atoms with van der Waals surface area (Å²) in [7, 11) is 1.47. The Balaban J connectivity index is 1.65. The second-order valence-electron chi connectivity index (χ2n) is 18.2. The van der Waals surface area contributed by atoms with Crippen molar-refractivity contribution in [2.24, 2.45) is 28.8 Å². The number of carbonyl (C=O) groups excluding carboxylic acids is 3. The number of hydrogen-bond acceptors (Lipinski definition) is 13. The van der Waals surface area contributed by atoms with Crippen LogP contribution in [0.15, 0.2) is 47.3 Å². The Morgan fingerprint density at radius 2 is 1.50 bits per heavy atom. The number of aromatic hydroxyl groups is 2. The van der Waals surface area contributed by atoms with E-state index < -0.39 is 77.3 Å². The molecule has 0 aromatic heterocycles.